The maximum atomic E-state index is 13.2. The molecular weight excluding hydrogens is 524 g/mol. The minimum absolute atomic E-state index is 0.0223. The van der Waals surface area contributed by atoms with Crippen molar-refractivity contribution in [3.05, 3.63) is 121 Å². The molecule has 4 aromatic carbocycles. The molecule has 5 aromatic rings. The third-order valence-electron chi connectivity index (χ3n) is 5.74. The summed E-state index contributed by atoms with van der Waals surface area (Å²) in [5.74, 6) is 1.03. The van der Waals surface area contributed by atoms with Crippen molar-refractivity contribution in [3.8, 4) is 5.75 Å². The second kappa shape index (κ2) is 9.71. The van der Waals surface area contributed by atoms with Crippen molar-refractivity contribution >= 4 is 49.5 Å². The van der Waals surface area contributed by atoms with E-state index in [-0.39, 0.29) is 17.9 Å². The Hall–Kier alpha value is -4.37. The molecule has 1 heterocycles. The molecule has 178 valence electrons. The molecular formula is C27H19BrN4O4. The summed E-state index contributed by atoms with van der Waals surface area (Å²) in [7, 11) is 0. The number of rotatable bonds is 6. The van der Waals surface area contributed by atoms with Gasteiger partial charge in [-0.25, -0.2) is 4.98 Å². The van der Waals surface area contributed by atoms with E-state index in [0.717, 1.165) is 20.8 Å². The van der Waals surface area contributed by atoms with Gasteiger partial charge in [0.15, 0.2) is 0 Å². The third kappa shape index (κ3) is 4.60. The van der Waals surface area contributed by atoms with Gasteiger partial charge in [-0.2, -0.15) is 9.78 Å². The second-order valence-corrected chi connectivity index (χ2v) is 9.01. The van der Waals surface area contributed by atoms with E-state index in [1.165, 1.54) is 16.8 Å². The van der Waals surface area contributed by atoms with Gasteiger partial charge in [0.1, 0.15) is 18.2 Å². The van der Waals surface area contributed by atoms with Crippen LogP contribution in [0.15, 0.2) is 93.2 Å². The normalized spacial score (nSPS) is 11.4. The Morgan fingerprint density at radius 2 is 1.83 bits per heavy atom. The molecule has 36 heavy (non-hydrogen) atoms. The summed E-state index contributed by atoms with van der Waals surface area (Å²) >= 11 is 3.41. The van der Waals surface area contributed by atoms with Crippen LogP contribution < -0.4 is 10.3 Å². The molecule has 0 atom stereocenters. The number of benzene rings is 4. The number of aryl methyl sites for hydroxylation is 1. The SMILES string of the molecule is Cc1nc2ccc(Br)cc2c(=O)n1N=Cc1c(OCc2ccc([N+](=O)[O-])cc2)ccc2ccccc12. The van der Waals surface area contributed by atoms with Gasteiger partial charge in [0.25, 0.3) is 11.2 Å². The van der Waals surface area contributed by atoms with Gasteiger partial charge in [0.05, 0.1) is 22.0 Å². The first-order chi connectivity index (χ1) is 17.4. The molecule has 0 N–H and O–H groups in total. The molecule has 0 amide bonds. The topological polar surface area (TPSA) is 99.6 Å². The predicted octanol–water partition coefficient (Wildman–Crippen LogP) is 5.99. The van der Waals surface area contributed by atoms with Crippen LogP contribution in [0.1, 0.15) is 17.0 Å². The predicted molar refractivity (Wildman–Crippen MR) is 143 cm³/mol. The Morgan fingerprint density at radius 3 is 2.61 bits per heavy atom. The van der Waals surface area contributed by atoms with E-state index in [1.807, 2.05) is 42.5 Å². The maximum absolute atomic E-state index is 13.2. The number of hydrogen-bond donors (Lipinski definition) is 0. The lowest BCUT2D eigenvalue weighted by Crippen LogP contribution is -2.20. The van der Waals surface area contributed by atoms with Gasteiger partial charge >= 0.3 is 0 Å². The van der Waals surface area contributed by atoms with E-state index in [0.29, 0.717) is 28.0 Å². The standard InChI is InChI=1S/C27H19BrN4O4/c1-17-30-25-12-9-20(28)14-23(25)27(33)31(17)29-15-24-22-5-3-2-4-19(22)8-13-26(24)36-16-18-6-10-21(11-7-18)32(34)35/h2-15H,16H2,1H3. The summed E-state index contributed by atoms with van der Waals surface area (Å²) in [6.45, 7) is 1.94. The summed E-state index contributed by atoms with van der Waals surface area (Å²) in [5, 5.41) is 17.8. The zero-order chi connectivity index (χ0) is 25.2. The van der Waals surface area contributed by atoms with Gasteiger partial charge in [-0.1, -0.05) is 46.3 Å². The van der Waals surface area contributed by atoms with Gasteiger partial charge < -0.3 is 4.74 Å². The summed E-state index contributed by atoms with van der Waals surface area (Å²) in [5.41, 5.74) is 1.84. The van der Waals surface area contributed by atoms with Crippen LogP contribution in [0.5, 0.6) is 5.75 Å². The maximum Gasteiger partial charge on any atom is 0.282 e. The number of nitro benzene ring substituents is 1. The second-order valence-electron chi connectivity index (χ2n) is 8.09. The molecule has 0 aliphatic heterocycles. The summed E-state index contributed by atoms with van der Waals surface area (Å²) in [6, 6.07) is 23.2. The molecule has 0 saturated carbocycles. The van der Waals surface area contributed by atoms with Crippen molar-refractivity contribution in [2.24, 2.45) is 5.10 Å². The molecule has 0 saturated heterocycles. The first-order valence-corrected chi connectivity index (χ1v) is 11.8. The largest absolute Gasteiger partial charge is 0.488 e. The van der Waals surface area contributed by atoms with E-state index in [2.05, 4.69) is 26.0 Å². The molecule has 0 fully saturated rings. The Labute approximate surface area is 213 Å². The minimum atomic E-state index is -0.438. The lowest BCUT2D eigenvalue weighted by Gasteiger charge is -2.12. The highest BCUT2D eigenvalue weighted by atomic mass is 79.9. The van der Waals surface area contributed by atoms with Crippen LogP contribution in [0.4, 0.5) is 5.69 Å². The van der Waals surface area contributed by atoms with Crippen molar-refractivity contribution in [1.29, 1.82) is 0 Å². The van der Waals surface area contributed by atoms with Crippen molar-refractivity contribution in [2.45, 2.75) is 13.5 Å². The number of ether oxygens (including phenoxy) is 1. The molecule has 1 aromatic heterocycles. The van der Waals surface area contributed by atoms with E-state index in [4.69, 9.17) is 4.74 Å². The third-order valence-corrected chi connectivity index (χ3v) is 6.24. The molecule has 0 unspecified atom stereocenters. The van der Waals surface area contributed by atoms with Crippen molar-refractivity contribution in [2.75, 3.05) is 0 Å². The van der Waals surface area contributed by atoms with Gasteiger partial charge in [-0.3, -0.25) is 14.9 Å². The van der Waals surface area contributed by atoms with Gasteiger partial charge in [0, 0.05) is 22.2 Å². The Balaban J connectivity index is 1.54. The fourth-order valence-electron chi connectivity index (χ4n) is 3.92. The fourth-order valence-corrected chi connectivity index (χ4v) is 4.28. The summed E-state index contributed by atoms with van der Waals surface area (Å²) in [4.78, 5) is 28.2. The van der Waals surface area contributed by atoms with Crippen molar-refractivity contribution in [3.63, 3.8) is 0 Å². The number of nitrogens with zero attached hydrogens (tertiary/aromatic N) is 4. The lowest BCUT2D eigenvalue weighted by atomic mass is 10.0. The number of nitro groups is 1. The Bertz CT molecular complexity index is 1710. The lowest BCUT2D eigenvalue weighted by molar-refractivity contribution is -0.384. The van der Waals surface area contributed by atoms with E-state index < -0.39 is 4.92 Å². The Kier molecular flexibility index (Phi) is 6.30. The molecule has 0 aliphatic rings. The van der Waals surface area contributed by atoms with E-state index >= 15 is 0 Å². The molecule has 0 bridgehead atoms. The van der Waals surface area contributed by atoms with Gasteiger partial charge in [-0.15, -0.1) is 0 Å². The molecule has 5 rings (SSSR count). The van der Waals surface area contributed by atoms with Crippen LogP contribution in [-0.2, 0) is 6.61 Å². The number of fused-ring (bicyclic) bond motifs is 2. The molecule has 0 radical (unpaired) electrons. The first-order valence-electron chi connectivity index (χ1n) is 11.0. The summed E-state index contributed by atoms with van der Waals surface area (Å²) in [6.07, 6.45) is 1.60. The minimum Gasteiger partial charge on any atom is -0.488 e. The molecule has 0 aliphatic carbocycles. The van der Waals surface area contributed by atoms with Gasteiger partial charge in [-0.05, 0) is 59.7 Å². The number of hydrogen-bond acceptors (Lipinski definition) is 6. The van der Waals surface area contributed by atoms with Crippen LogP contribution in [0.2, 0.25) is 0 Å². The highest BCUT2D eigenvalue weighted by molar-refractivity contribution is 9.10. The monoisotopic (exact) mass is 542 g/mol. The van der Waals surface area contributed by atoms with Crippen LogP contribution in [-0.4, -0.2) is 20.8 Å². The van der Waals surface area contributed by atoms with E-state index in [9.17, 15) is 14.9 Å². The number of aromatic nitrogens is 2. The molecule has 8 nitrogen and oxygen atoms in total. The first kappa shape index (κ1) is 23.4. The smallest absolute Gasteiger partial charge is 0.282 e. The van der Waals surface area contributed by atoms with Crippen LogP contribution in [0.3, 0.4) is 0 Å². The average molecular weight is 543 g/mol. The number of non-ortho nitro benzene ring substituents is 1. The highest BCUT2D eigenvalue weighted by Crippen LogP contribution is 2.28. The molecule has 9 heteroatoms. The van der Waals surface area contributed by atoms with Crippen molar-refractivity contribution < 1.29 is 9.66 Å². The zero-order valence-electron chi connectivity index (χ0n) is 19.1. The average Bonchev–Trinajstić information content (AvgIpc) is 2.88. The zero-order valence-corrected chi connectivity index (χ0v) is 20.7. The van der Waals surface area contributed by atoms with Gasteiger partial charge in [0.2, 0.25) is 0 Å². The van der Waals surface area contributed by atoms with Crippen LogP contribution >= 0.6 is 15.9 Å². The summed E-state index contributed by atoms with van der Waals surface area (Å²) < 4.78 is 8.15. The molecule has 0 spiro atoms. The number of halogens is 1. The van der Waals surface area contributed by atoms with Crippen LogP contribution in [0, 0.1) is 17.0 Å². The quantitative estimate of drug-likeness (QED) is 0.149. The fraction of sp³-hybridized carbons (Fsp3) is 0.0741. The van der Waals surface area contributed by atoms with Crippen LogP contribution in [0.25, 0.3) is 21.7 Å². The Morgan fingerprint density at radius 1 is 1.06 bits per heavy atom. The van der Waals surface area contributed by atoms with Crippen molar-refractivity contribution in [1.82, 2.24) is 9.66 Å². The highest BCUT2D eigenvalue weighted by Gasteiger charge is 2.11. The van der Waals surface area contributed by atoms with E-state index in [1.54, 1.807) is 37.4 Å².